The Kier molecular flexibility index (Phi) is 7.75. The molecule has 218 valence electrons. The van der Waals surface area contributed by atoms with Gasteiger partial charge in [0, 0.05) is 0 Å². The lowest BCUT2D eigenvalue weighted by Gasteiger charge is -2.42. The van der Waals surface area contributed by atoms with E-state index in [4.69, 9.17) is 0 Å². The Hall–Kier alpha value is -1.72. The average Bonchev–Trinajstić information content (AvgIpc) is 2.57. The van der Waals surface area contributed by atoms with E-state index < -0.39 is 66.0 Å². The highest BCUT2D eigenvalue weighted by molar-refractivity contribution is 5.12. The van der Waals surface area contributed by atoms with Gasteiger partial charge in [-0.15, -0.1) is 0 Å². The van der Waals surface area contributed by atoms with Crippen LogP contribution in [0, 0.1) is 0 Å². The zero-order chi connectivity index (χ0) is 30.2. The largest absolute Gasteiger partial charge is 0.460 e. The van der Waals surface area contributed by atoms with Crippen molar-refractivity contribution in [2.24, 2.45) is 0 Å². The summed E-state index contributed by atoms with van der Waals surface area (Å²) in [6.45, 7) is 0. The summed E-state index contributed by atoms with van der Waals surface area (Å²) in [5.74, 6) is -61.5. The smallest absolute Gasteiger partial charge is 0.245 e. The fraction of sp³-hybridized carbons (Fsp3) is 1.00. The monoisotopic (exact) mass is 604 g/mol. The van der Waals surface area contributed by atoms with Gasteiger partial charge in [-0.3, -0.25) is 0 Å². The van der Waals surface area contributed by atoms with Crippen LogP contribution in [0.15, 0.2) is 0 Å². The normalized spacial score (nSPS) is 17.0. The van der Waals surface area contributed by atoms with E-state index in [1.54, 1.807) is 0 Å². The molecule has 0 rings (SSSR count). The molecule has 0 radical (unpaired) electrons. The van der Waals surface area contributed by atoms with E-state index in [2.05, 4.69) is 0 Å². The summed E-state index contributed by atoms with van der Waals surface area (Å²) >= 11 is 0. The van der Waals surface area contributed by atoms with E-state index in [-0.39, 0.29) is 0 Å². The molecule has 0 aliphatic carbocycles. The van der Waals surface area contributed by atoms with Gasteiger partial charge in [-0.2, -0.15) is 105 Å². The highest BCUT2D eigenvalue weighted by Crippen LogP contribution is 2.63. The second-order valence-corrected chi connectivity index (χ2v) is 6.15. The predicted octanol–water partition coefficient (Wildman–Crippen LogP) is 7.76. The van der Waals surface area contributed by atoms with Crippen LogP contribution >= 0.6 is 0 Å². The molecule has 0 fully saturated rings. The van der Waals surface area contributed by atoms with Crippen LogP contribution in [0.3, 0.4) is 0 Å². The third kappa shape index (κ3) is 4.34. The molecule has 36 heavy (non-hydrogen) atoms. The topological polar surface area (TPSA) is 9.23 Å². The van der Waals surface area contributed by atoms with E-state index in [0.717, 1.165) is 4.74 Å². The van der Waals surface area contributed by atoms with Crippen molar-refractivity contribution in [2.45, 2.75) is 66.0 Å². The summed E-state index contributed by atoms with van der Waals surface area (Å²) in [7, 11) is 0. The molecule has 0 N–H and O–H groups in total. The van der Waals surface area contributed by atoms with Gasteiger partial charge >= 0.3 is 66.0 Å². The third-order valence-electron chi connectivity index (χ3n) is 3.67. The molecule has 0 amide bonds. The van der Waals surface area contributed by atoms with Crippen molar-refractivity contribution in [2.75, 3.05) is 0 Å². The Labute approximate surface area is 177 Å². The number of ether oxygens (including phenoxy) is 1. The van der Waals surface area contributed by atoms with Crippen LogP contribution in [0.5, 0.6) is 0 Å². The Morgan fingerprint density at radius 2 is 0.389 bits per heavy atom. The molecule has 25 heteroatoms. The lowest BCUT2D eigenvalue weighted by Crippen LogP contribution is -2.73. The van der Waals surface area contributed by atoms with Crippen LogP contribution in [0.4, 0.5) is 105 Å². The molecule has 0 atom stereocenters. The van der Waals surface area contributed by atoms with Crippen molar-refractivity contribution < 1.29 is 110 Å². The van der Waals surface area contributed by atoms with Crippen molar-refractivity contribution in [3.63, 3.8) is 0 Å². The molecule has 0 saturated heterocycles. The second kappa shape index (κ2) is 8.14. The lowest BCUT2D eigenvalue weighted by molar-refractivity contribution is -0.526. The number of hydrogen-bond acceptors (Lipinski definition) is 1. The summed E-state index contributed by atoms with van der Waals surface area (Å²) in [6.07, 6.45) is -33.1. The first-order valence-corrected chi connectivity index (χ1v) is 7.19. The molecule has 1 nitrogen and oxygen atoms in total. The number of rotatable bonds is 9. The molecule has 0 aromatic carbocycles. The van der Waals surface area contributed by atoms with Crippen LogP contribution in [-0.2, 0) is 4.74 Å². The SMILES string of the molecule is FC(F)(F)C(F)(F)C(F)(F)C(F)(F)OC(F)(F)C(F)(F)C(F)(F)C(F)(F)C(F)(F)C(F)(F)C(F)(F)F. The Balaban J connectivity index is 6.79. The van der Waals surface area contributed by atoms with Crippen LogP contribution < -0.4 is 0 Å². The quantitative estimate of drug-likeness (QED) is 0.245. The molecular weight excluding hydrogens is 604 g/mol. The first-order valence-electron chi connectivity index (χ1n) is 7.19. The first kappa shape index (κ1) is 34.3. The molecule has 0 spiro atoms. The zero-order valence-electron chi connectivity index (χ0n) is 15.0. The summed E-state index contributed by atoms with van der Waals surface area (Å²) in [5.41, 5.74) is 0. The van der Waals surface area contributed by atoms with Crippen LogP contribution in [0.1, 0.15) is 0 Å². The molecule has 0 aromatic rings. The minimum Gasteiger partial charge on any atom is -0.245 e. The summed E-state index contributed by atoms with van der Waals surface area (Å²) < 4.78 is 304. The first-order chi connectivity index (χ1) is 15.0. The summed E-state index contributed by atoms with van der Waals surface area (Å²) in [6, 6.07) is 0. The maximum atomic E-state index is 13.2. The highest BCUT2D eigenvalue weighted by atomic mass is 19.4. The van der Waals surface area contributed by atoms with Crippen LogP contribution in [0.2, 0.25) is 0 Å². The Morgan fingerprint density at radius 3 is 0.639 bits per heavy atom. The van der Waals surface area contributed by atoms with Gasteiger partial charge in [0.25, 0.3) is 0 Å². The van der Waals surface area contributed by atoms with Crippen LogP contribution in [-0.4, -0.2) is 66.0 Å². The van der Waals surface area contributed by atoms with Crippen molar-refractivity contribution in [3.05, 3.63) is 0 Å². The van der Waals surface area contributed by atoms with Crippen molar-refractivity contribution in [1.82, 2.24) is 0 Å². The second-order valence-electron chi connectivity index (χ2n) is 6.15. The standard InChI is InChI=1S/C11F24O/c12-1(13,2(14,15)4(18,19)8(26,27)28)3(16,17)6(22,23)10(32,33)36-11(34,35)7(24,25)5(20,21)9(29,30)31. The molecule has 0 aromatic heterocycles. The van der Waals surface area contributed by atoms with E-state index in [9.17, 15) is 105 Å². The fourth-order valence-electron chi connectivity index (χ4n) is 1.60. The molecule has 0 unspecified atom stereocenters. The molecule has 0 aliphatic heterocycles. The number of alkyl halides is 24. The summed E-state index contributed by atoms with van der Waals surface area (Å²) in [4.78, 5) is 0. The van der Waals surface area contributed by atoms with E-state index in [1.807, 2.05) is 0 Å². The highest BCUT2D eigenvalue weighted by Gasteiger charge is 2.95. The van der Waals surface area contributed by atoms with Gasteiger partial charge in [-0.25, -0.2) is 4.74 Å². The van der Waals surface area contributed by atoms with Gasteiger partial charge in [0.2, 0.25) is 0 Å². The minimum absolute atomic E-state index is 0.769. The molecule has 0 aliphatic rings. The van der Waals surface area contributed by atoms with Crippen molar-refractivity contribution in [1.29, 1.82) is 0 Å². The maximum Gasteiger partial charge on any atom is 0.460 e. The molecule has 0 saturated carbocycles. The molecule has 0 bridgehead atoms. The van der Waals surface area contributed by atoms with E-state index in [0.29, 0.717) is 0 Å². The van der Waals surface area contributed by atoms with Gasteiger partial charge in [-0.1, -0.05) is 0 Å². The maximum absolute atomic E-state index is 13.2. The lowest BCUT2D eigenvalue weighted by atomic mass is 9.93. The predicted molar refractivity (Wildman–Crippen MR) is 57.7 cm³/mol. The fourth-order valence-corrected chi connectivity index (χ4v) is 1.60. The zero-order valence-corrected chi connectivity index (χ0v) is 15.0. The Bertz CT molecular complexity index is 796. The van der Waals surface area contributed by atoms with Crippen molar-refractivity contribution in [3.8, 4) is 0 Å². The summed E-state index contributed by atoms with van der Waals surface area (Å²) in [5, 5.41) is 0. The number of halogens is 24. The van der Waals surface area contributed by atoms with E-state index >= 15 is 0 Å². The van der Waals surface area contributed by atoms with Gasteiger partial charge in [0.1, 0.15) is 0 Å². The van der Waals surface area contributed by atoms with Gasteiger partial charge in [0.15, 0.2) is 0 Å². The van der Waals surface area contributed by atoms with Crippen molar-refractivity contribution >= 4 is 0 Å². The van der Waals surface area contributed by atoms with Gasteiger partial charge < -0.3 is 0 Å². The number of hydrogen-bond donors (Lipinski definition) is 0. The Morgan fingerprint density at radius 1 is 0.222 bits per heavy atom. The van der Waals surface area contributed by atoms with E-state index in [1.165, 1.54) is 0 Å². The molecular formula is C11F24O. The van der Waals surface area contributed by atoms with Crippen LogP contribution in [0.25, 0.3) is 0 Å². The third-order valence-corrected chi connectivity index (χ3v) is 3.67. The van der Waals surface area contributed by atoms with Gasteiger partial charge in [-0.05, 0) is 0 Å². The average molecular weight is 604 g/mol. The molecule has 0 heterocycles. The minimum atomic E-state index is -9.17. The van der Waals surface area contributed by atoms with Gasteiger partial charge in [0.05, 0.1) is 0 Å².